The van der Waals surface area contributed by atoms with Gasteiger partial charge in [0.15, 0.2) is 0 Å². The van der Waals surface area contributed by atoms with Crippen molar-refractivity contribution in [3.05, 3.63) is 117 Å². The van der Waals surface area contributed by atoms with Gasteiger partial charge in [0.1, 0.15) is 34.6 Å². The molecule has 0 aliphatic carbocycles. The summed E-state index contributed by atoms with van der Waals surface area (Å²) in [5, 5.41) is -0.977. The average molecular weight is 609 g/mol. The van der Waals surface area contributed by atoms with Crippen LogP contribution in [-0.4, -0.2) is 18.8 Å². The van der Waals surface area contributed by atoms with Crippen LogP contribution in [0.15, 0.2) is 82.4 Å². The van der Waals surface area contributed by atoms with E-state index < -0.39 is 34.4 Å². The quantitative estimate of drug-likeness (QED) is 0.100. The molecule has 0 saturated heterocycles. The fourth-order valence-corrected chi connectivity index (χ4v) is 7.87. The number of aromatic nitrogens is 4. The van der Waals surface area contributed by atoms with Crippen molar-refractivity contribution < 1.29 is 17.6 Å². The van der Waals surface area contributed by atoms with Gasteiger partial charge in [0, 0.05) is 53.9 Å². The monoisotopic (exact) mass is 608 g/mol. The van der Waals surface area contributed by atoms with Crippen LogP contribution in [0.1, 0.15) is 0 Å². The molecule has 7 aromatic carbocycles. The number of pyridine rings is 2. The Kier molecular flexibility index (Phi) is 3.97. The maximum Gasteiger partial charge on any atom is 0.264 e. The summed E-state index contributed by atoms with van der Waals surface area (Å²) in [5.74, 6) is -3.79. The van der Waals surface area contributed by atoms with Crippen LogP contribution < -0.4 is 11.1 Å². The molecule has 0 atom stereocenters. The third-order valence-electron chi connectivity index (χ3n) is 9.59. The van der Waals surface area contributed by atoms with E-state index in [1.165, 1.54) is 8.80 Å². The lowest BCUT2D eigenvalue weighted by atomic mass is 9.85. The third-order valence-corrected chi connectivity index (χ3v) is 9.59. The van der Waals surface area contributed by atoms with E-state index in [-0.39, 0.29) is 75.9 Å². The van der Waals surface area contributed by atoms with Crippen LogP contribution in [0.2, 0.25) is 0 Å². The molecule has 0 spiro atoms. The summed E-state index contributed by atoms with van der Waals surface area (Å²) in [5.41, 5.74) is 0.954. The van der Waals surface area contributed by atoms with Crippen molar-refractivity contribution in [2.75, 3.05) is 0 Å². The van der Waals surface area contributed by atoms with Crippen molar-refractivity contribution in [1.82, 2.24) is 18.8 Å². The molecule has 0 aliphatic rings. The summed E-state index contributed by atoms with van der Waals surface area (Å²) in [6, 6.07) is 18.1. The molecule has 0 amide bonds. The first-order chi connectivity index (χ1) is 22.3. The maximum absolute atomic E-state index is 16.6. The molecule has 0 unspecified atom stereocenters. The summed E-state index contributed by atoms with van der Waals surface area (Å²) in [7, 11) is 0. The lowest BCUT2D eigenvalue weighted by Crippen LogP contribution is -2.15. The molecule has 11 rings (SSSR count). The molecular weight excluding hydrogens is 596 g/mol. The van der Waals surface area contributed by atoms with E-state index >= 15 is 17.6 Å². The Morgan fingerprint density at radius 2 is 0.783 bits per heavy atom. The molecule has 10 heteroatoms. The topological polar surface area (TPSA) is 68.7 Å². The largest absolute Gasteiger partial charge is 0.268 e. The van der Waals surface area contributed by atoms with E-state index in [0.717, 1.165) is 24.3 Å². The van der Waals surface area contributed by atoms with Crippen LogP contribution in [0, 0.1) is 23.3 Å². The Balaban J connectivity index is 1.48. The second-order valence-corrected chi connectivity index (χ2v) is 11.8. The Bertz CT molecular complexity index is 3110. The second-order valence-electron chi connectivity index (χ2n) is 11.8. The van der Waals surface area contributed by atoms with Gasteiger partial charge in [-0.2, -0.15) is 0 Å². The van der Waals surface area contributed by atoms with Crippen LogP contribution in [0.4, 0.5) is 17.6 Å². The van der Waals surface area contributed by atoms with Gasteiger partial charge < -0.3 is 0 Å². The summed E-state index contributed by atoms with van der Waals surface area (Å²) in [4.78, 5) is 37.0. The van der Waals surface area contributed by atoms with Crippen LogP contribution in [0.5, 0.6) is 0 Å². The number of hydrogen-bond acceptors (Lipinski definition) is 4. The molecule has 46 heavy (non-hydrogen) atoms. The predicted molar refractivity (Wildman–Crippen MR) is 170 cm³/mol. The van der Waals surface area contributed by atoms with E-state index in [1.807, 2.05) is 0 Å². The highest BCUT2D eigenvalue weighted by atomic mass is 19.1. The Morgan fingerprint density at radius 3 is 1.17 bits per heavy atom. The predicted octanol–water partition coefficient (Wildman–Crippen LogP) is 7.80. The van der Waals surface area contributed by atoms with Gasteiger partial charge in [0.25, 0.3) is 11.1 Å². The minimum atomic E-state index is -0.985. The Morgan fingerprint density at radius 1 is 0.435 bits per heavy atom. The fourth-order valence-electron chi connectivity index (χ4n) is 7.87. The van der Waals surface area contributed by atoms with Gasteiger partial charge in [0.2, 0.25) is 0 Å². The molecule has 0 bridgehead atoms. The molecule has 0 N–H and O–H groups in total. The molecule has 0 aliphatic heterocycles. The molecule has 11 aromatic rings. The zero-order valence-corrected chi connectivity index (χ0v) is 23.0. The normalized spacial score (nSPS) is 13.0. The van der Waals surface area contributed by atoms with Gasteiger partial charge in [0.05, 0.1) is 32.8 Å². The molecule has 4 heterocycles. The first-order valence-corrected chi connectivity index (χ1v) is 14.4. The third kappa shape index (κ3) is 2.48. The second kappa shape index (κ2) is 7.55. The van der Waals surface area contributed by atoms with Gasteiger partial charge in [-0.05, 0) is 48.5 Å². The lowest BCUT2D eigenvalue weighted by Gasteiger charge is -2.20. The molecule has 0 fully saturated rings. The van der Waals surface area contributed by atoms with Crippen LogP contribution in [0.3, 0.4) is 0 Å². The lowest BCUT2D eigenvalue weighted by molar-refractivity contribution is 0.630. The number of imidazole rings is 2. The zero-order chi connectivity index (χ0) is 30.9. The number of halogens is 4. The number of fused-ring (bicyclic) bond motifs is 10. The molecule has 216 valence electrons. The molecule has 4 aromatic heterocycles. The van der Waals surface area contributed by atoms with Gasteiger partial charge in [-0.25, -0.2) is 27.5 Å². The Labute approximate surface area is 251 Å². The first kappa shape index (κ1) is 24.2. The van der Waals surface area contributed by atoms with E-state index in [2.05, 4.69) is 9.97 Å². The van der Waals surface area contributed by atoms with E-state index in [1.54, 1.807) is 48.5 Å². The van der Waals surface area contributed by atoms with Crippen molar-refractivity contribution in [2.45, 2.75) is 0 Å². The van der Waals surface area contributed by atoms with Crippen molar-refractivity contribution in [2.24, 2.45) is 0 Å². The summed E-state index contributed by atoms with van der Waals surface area (Å²) >= 11 is 0. The molecule has 0 radical (unpaired) electrons. The van der Waals surface area contributed by atoms with Gasteiger partial charge in [-0.1, -0.05) is 24.3 Å². The number of benzene rings is 7. The Hall–Kier alpha value is -6.16. The van der Waals surface area contributed by atoms with Crippen LogP contribution in [-0.2, 0) is 0 Å². The molecule has 6 nitrogen and oxygen atoms in total. The fraction of sp³-hybridized carbons (Fsp3) is 0. The number of hydrogen-bond donors (Lipinski definition) is 0. The minimum absolute atomic E-state index is 0.0816. The maximum atomic E-state index is 16.6. The van der Waals surface area contributed by atoms with Crippen molar-refractivity contribution in [3.8, 4) is 0 Å². The van der Waals surface area contributed by atoms with Crippen molar-refractivity contribution in [3.63, 3.8) is 0 Å². The number of rotatable bonds is 0. The van der Waals surface area contributed by atoms with Crippen molar-refractivity contribution >= 4 is 98.0 Å². The summed E-state index contributed by atoms with van der Waals surface area (Å²) < 4.78 is 68.7. The standard InChI is InChI=1S/C36H12F4N4O2/c37-17-9-13-25-15(35(45)43-23-7-3-1-5-21(23)41-33(13)43)11-19(39)29-30-20(40)12-16-26-14(10-18(38)28(32(26)30)27(17)31(25)29)34-42-22-6-2-4-8-24(22)44(34)36(16)46/h1-12H. The van der Waals surface area contributed by atoms with Gasteiger partial charge >= 0.3 is 0 Å². The van der Waals surface area contributed by atoms with Crippen LogP contribution in [0.25, 0.3) is 98.0 Å². The van der Waals surface area contributed by atoms with E-state index in [4.69, 9.17) is 0 Å². The van der Waals surface area contributed by atoms with E-state index in [9.17, 15) is 9.59 Å². The van der Waals surface area contributed by atoms with Crippen molar-refractivity contribution in [1.29, 1.82) is 0 Å². The minimum Gasteiger partial charge on any atom is -0.268 e. The molecule has 0 saturated carbocycles. The highest BCUT2D eigenvalue weighted by molar-refractivity contribution is 6.41. The average Bonchev–Trinajstić information content (AvgIpc) is 3.64. The molecular formula is C36H12F4N4O2. The van der Waals surface area contributed by atoms with E-state index in [0.29, 0.717) is 22.1 Å². The van der Waals surface area contributed by atoms with Gasteiger partial charge in [-0.15, -0.1) is 0 Å². The highest BCUT2D eigenvalue weighted by Crippen LogP contribution is 2.49. The number of para-hydroxylation sites is 4. The number of nitrogens with zero attached hydrogens (tertiary/aromatic N) is 4. The highest BCUT2D eigenvalue weighted by Gasteiger charge is 2.30. The first-order valence-electron chi connectivity index (χ1n) is 14.4. The SMILES string of the molecule is O=c1c2cc(F)c3c4c(F)cc5c(=O)n6c7ccccc7nc6c6cc(F)c(c7c(F)cc(c2c37)c2nc3ccccc3n12)c4c56. The zero-order valence-electron chi connectivity index (χ0n) is 23.0. The van der Waals surface area contributed by atoms with Gasteiger partial charge in [-0.3, -0.25) is 18.4 Å². The smallest absolute Gasteiger partial charge is 0.264 e. The summed E-state index contributed by atoms with van der Waals surface area (Å²) in [6.45, 7) is 0. The summed E-state index contributed by atoms with van der Waals surface area (Å²) in [6.07, 6.45) is 0. The van der Waals surface area contributed by atoms with Crippen LogP contribution >= 0.6 is 0 Å².